The Hall–Kier alpha value is -0.640. The van der Waals surface area contributed by atoms with E-state index in [0.29, 0.717) is 11.8 Å². The molecule has 2 N–H and O–H groups in total. The Labute approximate surface area is 77.2 Å². The molecule has 1 aliphatic heterocycles. The molecule has 72 valence electrons. The molecular formula is C7H11N3O2S. The van der Waals surface area contributed by atoms with Gasteiger partial charge in [-0.2, -0.15) is 5.26 Å². The molecule has 0 aromatic carbocycles. The Bertz CT molecular complexity index is 335. The van der Waals surface area contributed by atoms with Gasteiger partial charge in [0.05, 0.1) is 6.07 Å². The molecule has 1 heterocycles. The van der Waals surface area contributed by atoms with E-state index in [1.165, 1.54) is 0 Å². The van der Waals surface area contributed by atoms with E-state index in [2.05, 4.69) is 10.0 Å². The summed E-state index contributed by atoms with van der Waals surface area (Å²) >= 11 is 0. The monoisotopic (exact) mass is 201 g/mol. The van der Waals surface area contributed by atoms with Crippen molar-refractivity contribution in [3.63, 3.8) is 0 Å². The molecule has 2 rings (SSSR count). The predicted molar refractivity (Wildman–Crippen MR) is 46.2 cm³/mol. The zero-order valence-corrected chi connectivity index (χ0v) is 7.84. The Kier molecular flexibility index (Phi) is 2.02. The van der Waals surface area contributed by atoms with Gasteiger partial charge in [0.1, 0.15) is 0 Å². The lowest BCUT2D eigenvalue weighted by atomic mass is 10.4. The van der Waals surface area contributed by atoms with Gasteiger partial charge >= 0.3 is 0 Å². The van der Waals surface area contributed by atoms with Gasteiger partial charge in [-0.05, 0) is 24.9 Å². The third kappa shape index (κ3) is 1.68. The Morgan fingerprint density at radius 3 is 2.62 bits per heavy atom. The zero-order chi connectivity index (χ0) is 9.47. The number of sulfonamides is 1. The molecule has 0 spiro atoms. The molecule has 0 radical (unpaired) electrons. The fraction of sp³-hybridized carbons (Fsp3) is 0.857. The van der Waals surface area contributed by atoms with Crippen molar-refractivity contribution < 1.29 is 8.42 Å². The summed E-state index contributed by atoms with van der Waals surface area (Å²) < 4.78 is 24.9. The number of fused-ring (bicyclic) bond motifs is 1. The summed E-state index contributed by atoms with van der Waals surface area (Å²) in [5.41, 5.74) is 0. The minimum atomic E-state index is -3.35. The van der Waals surface area contributed by atoms with Crippen molar-refractivity contribution in [2.24, 2.45) is 11.8 Å². The number of piperidine rings is 1. The molecule has 2 atom stereocenters. The molecular weight excluding hydrogens is 190 g/mol. The molecule has 13 heavy (non-hydrogen) atoms. The van der Waals surface area contributed by atoms with Crippen molar-refractivity contribution in [3.05, 3.63) is 0 Å². The van der Waals surface area contributed by atoms with Gasteiger partial charge in [-0.3, -0.25) is 0 Å². The van der Waals surface area contributed by atoms with Crippen LogP contribution < -0.4 is 10.0 Å². The van der Waals surface area contributed by atoms with Gasteiger partial charge in [-0.15, -0.1) is 0 Å². The van der Waals surface area contributed by atoms with Gasteiger partial charge in [0, 0.05) is 6.04 Å². The van der Waals surface area contributed by atoms with Gasteiger partial charge in [0.15, 0.2) is 5.75 Å². The van der Waals surface area contributed by atoms with Crippen LogP contribution in [0.2, 0.25) is 0 Å². The van der Waals surface area contributed by atoms with Gasteiger partial charge < -0.3 is 5.32 Å². The van der Waals surface area contributed by atoms with E-state index in [9.17, 15) is 8.42 Å². The SMILES string of the molecule is N#CCS(=O)(=O)NC1C2CNCC21. The van der Waals surface area contributed by atoms with E-state index in [1.807, 2.05) is 0 Å². The van der Waals surface area contributed by atoms with Crippen LogP contribution in [0.3, 0.4) is 0 Å². The highest BCUT2D eigenvalue weighted by molar-refractivity contribution is 7.89. The zero-order valence-electron chi connectivity index (χ0n) is 7.03. The molecule has 2 unspecified atom stereocenters. The highest BCUT2D eigenvalue weighted by Gasteiger charge is 2.54. The van der Waals surface area contributed by atoms with Crippen LogP contribution in [0.25, 0.3) is 0 Å². The molecule has 2 fully saturated rings. The lowest BCUT2D eigenvalue weighted by molar-refractivity contribution is 0.568. The average molecular weight is 201 g/mol. The Morgan fingerprint density at radius 1 is 1.46 bits per heavy atom. The summed E-state index contributed by atoms with van der Waals surface area (Å²) in [7, 11) is -3.35. The second kappa shape index (κ2) is 2.94. The smallest absolute Gasteiger partial charge is 0.225 e. The molecule has 1 saturated carbocycles. The molecule has 6 heteroatoms. The molecule has 1 aliphatic carbocycles. The highest BCUT2D eigenvalue weighted by Crippen LogP contribution is 2.41. The predicted octanol–water partition coefficient (Wildman–Crippen LogP) is -1.35. The van der Waals surface area contributed by atoms with E-state index in [0.717, 1.165) is 13.1 Å². The summed E-state index contributed by atoms with van der Waals surface area (Å²) in [6.07, 6.45) is 0. The van der Waals surface area contributed by atoms with Crippen molar-refractivity contribution in [1.29, 1.82) is 5.26 Å². The quantitative estimate of drug-likeness (QED) is 0.591. The minimum absolute atomic E-state index is 0.0830. The maximum Gasteiger partial charge on any atom is 0.225 e. The van der Waals surface area contributed by atoms with Gasteiger partial charge in [0.25, 0.3) is 0 Å². The van der Waals surface area contributed by atoms with Crippen LogP contribution >= 0.6 is 0 Å². The van der Waals surface area contributed by atoms with Gasteiger partial charge in [-0.1, -0.05) is 0 Å². The van der Waals surface area contributed by atoms with Crippen LogP contribution in [0.15, 0.2) is 0 Å². The van der Waals surface area contributed by atoms with Gasteiger partial charge in [0.2, 0.25) is 10.0 Å². The standard InChI is InChI=1S/C7H11N3O2S/c8-1-2-13(11,12)10-7-5-3-9-4-6(5)7/h5-7,9-10H,2-4H2. The van der Waals surface area contributed by atoms with Crippen LogP contribution in [0.5, 0.6) is 0 Å². The van der Waals surface area contributed by atoms with Crippen molar-refractivity contribution >= 4 is 10.0 Å². The summed E-state index contributed by atoms with van der Waals surface area (Å²) in [4.78, 5) is 0. The first-order valence-electron chi connectivity index (χ1n) is 4.22. The third-order valence-electron chi connectivity index (χ3n) is 2.66. The fourth-order valence-corrected chi connectivity index (χ4v) is 2.94. The normalized spacial score (nSPS) is 36.7. The van der Waals surface area contributed by atoms with E-state index >= 15 is 0 Å². The second-order valence-electron chi connectivity index (χ2n) is 3.55. The third-order valence-corrected chi connectivity index (χ3v) is 3.80. The summed E-state index contributed by atoms with van der Waals surface area (Å²) in [6, 6.07) is 1.72. The van der Waals surface area contributed by atoms with E-state index in [4.69, 9.17) is 5.26 Å². The highest BCUT2D eigenvalue weighted by atomic mass is 32.2. The van der Waals surface area contributed by atoms with Crippen molar-refractivity contribution in [3.8, 4) is 6.07 Å². The summed E-state index contributed by atoms with van der Waals surface area (Å²) in [6.45, 7) is 1.79. The first-order valence-corrected chi connectivity index (χ1v) is 5.87. The fourth-order valence-electron chi connectivity index (χ4n) is 1.93. The van der Waals surface area contributed by atoms with Crippen molar-refractivity contribution in [1.82, 2.24) is 10.0 Å². The number of nitrogens with zero attached hydrogens (tertiary/aromatic N) is 1. The molecule has 0 aromatic heterocycles. The van der Waals surface area contributed by atoms with Crippen LogP contribution in [0, 0.1) is 23.2 Å². The Morgan fingerprint density at radius 2 is 2.08 bits per heavy atom. The number of hydrogen-bond donors (Lipinski definition) is 2. The van der Waals surface area contributed by atoms with E-state index < -0.39 is 15.8 Å². The lowest BCUT2D eigenvalue weighted by Gasteiger charge is -2.05. The summed E-state index contributed by atoms with van der Waals surface area (Å²) in [5.74, 6) is 0.470. The molecule has 0 amide bonds. The lowest BCUT2D eigenvalue weighted by Crippen LogP contribution is -2.33. The number of hydrogen-bond acceptors (Lipinski definition) is 4. The number of nitrogens with one attached hydrogen (secondary N) is 2. The van der Waals surface area contributed by atoms with Crippen molar-refractivity contribution in [2.45, 2.75) is 6.04 Å². The first kappa shape index (κ1) is 8.94. The van der Waals surface area contributed by atoms with E-state index in [1.54, 1.807) is 6.07 Å². The van der Waals surface area contributed by atoms with Crippen LogP contribution in [0.4, 0.5) is 0 Å². The maximum absolute atomic E-state index is 11.2. The van der Waals surface area contributed by atoms with E-state index in [-0.39, 0.29) is 6.04 Å². The average Bonchev–Trinajstić information content (AvgIpc) is 2.51. The number of rotatable bonds is 3. The summed E-state index contributed by atoms with van der Waals surface area (Å²) in [5, 5.41) is 11.4. The molecule has 1 saturated heterocycles. The number of nitriles is 1. The first-order chi connectivity index (χ1) is 6.14. The maximum atomic E-state index is 11.2. The second-order valence-corrected chi connectivity index (χ2v) is 5.30. The Balaban J connectivity index is 1.91. The molecule has 0 bridgehead atoms. The van der Waals surface area contributed by atoms with Crippen molar-refractivity contribution in [2.75, 3.05) is 18.8 Å². The topological polar surface area (TPSA) is 82.0 Å². The molecule has 5 nitrogen and oxygen atoms in total. The van der Waals surface area contributed by atoms with Crippen LogP contribution in [0.1, 0.15) is 0 Å². The molecule has 0 aromatic rings. The van der Waals surface area contributed by atoms with Crippen LogP contribution in [-0.2, 0) is 10.0 Å². The molecule has 2 aliphatic rings. The minimum Gasteiger partial charge on any atom is -0.316 e. The van der Waals surface area contributed by atoms with Gasteiger partial charge in [-0.25, -0.2) is 13.1 Å². The largest absolute Gasteiger partial charge is 0.316 e. The van der Waals surface area contributed by atoms with Crippen LogP contribution in [-0.4, -0.2) is 33.3 Å².